The number of thiophene rings is 1. The molecule has 4 aromatic heterocycles. The van der Waals surface area contributed by atoms with E-state index in [1.165, 1.54) is 35.1 Å². The molecule has 1 aliphatic carbocycles. The third kappa shape index (κ3) is 2.61. The maximum Gasteiger partial charge on any atom is 0.167 e. The van der Waals surface area contributed by atoms with Gasteiger partial charge < -0.3 is 0 Å². The molecule has 0 spiro atoms. The van der Waals surface area contributed by atoms with E-state index in [9.17, 15) is 0 Å². The summed E-state index contributed by atoms with van der Waals surface area (Å²) in [6.07, 6.45) is 9.46. The fraction of sp³-hybridized carbons (Fsp3) is 0.474. The molecule has 0 bridgehead atoms. The number of hydrogen-bond donors (Lipinski definition) is 0. The van der Waals surface area contributed by atoms with Crippen LogP contribution in [-0.4, -0.2) is 29.4 Å². The van der Waals surface area contributed by atoms with Gasteiger partial charge in [0.25, 0.3) is 0 Å². The molecule has 0 N–H and O–H groups in total. The topological polar surface area (TPSA) is 60.9 Å². The zero-order valence-corrected chi connectivity index (χ0v) is 16.0. The summed E-state index contributed by atoms with van der Waals surface area (Å²) in [7, 11) is 0. The van der Waals surface area contributed by atoms with E-state index in [1.807, 2.05) is 46.0 Å². The molecule has 1 unspecified atom stereocenters. The molecule has 0 fully saturated rings. The molecule has 0 radical (unpaired) electrons. The van der Waals surface area contributed by atoms with Gasteiger partial charge in [0.15, 0.2) is 11.5 Å². The first-order valence-corrected chi connectivity index (χ1v) is 10.2. The molecule has 4 aromatic rings. The van der Waals surface area contributed by atoms with Crippen LogP contribution in [0, 0.1) is 12.8 Å². The van der Waals surface area contributed by atoms with Crippen LogP contribution in [0.2, 0.25) is 0 Å². The molecular weight excluding hydrogens is 344 g/mol. The van der Waals surface area contributed by atoms with Crippen molar-refractivity contribution in [3.8, 4) is 0 Å². The molecular formula is C19H22N6S. The van der Waals surface area contributed by atoms with Gasteiger partial charge in [-0.3, -0.25) is 4.68 Å². The Balaban J connectivity index is 1.51. The molecule has 1 atom stereocenters. The molecule has 134 valence electrons. The molecule has 7 heteroatoms. The number of fused-ring (bicyclic) bond motifs is 5. The highest BCUT2D eigenvalue weighted by Crippen LogP contribution is 2.39. The van der Waals surface area contributed by atoms with Gasteiger partial charge in [-0.05, 0) is 43.7 Å². The van der Waals surface area contributed by atoms with Crippen LogP contribution in [-0.2, 0) is 25.8 Å². The highest BCUT2D eigenvalue weighted by Gasteiger charge is 2.24. The summed E-state index contributed by atoms with van der Waals surface area (Å²) in [5.74, 6) is 1.67. The van der Waals surface area contributed by atoms with E-state index in [1.54, 1.807) is 0 Å². The van der Waals surface area contributed by atoms with E-state index in [0.29, 0.717) is 0 Å². The van der Waals surface area contributed by atoms with Gasteiger partial charge in [-0.15, -0.1) is 16.4 Å². The number of rotatable bonds is 4. The number of aromatic nitrogens is 6. The summed E-state index contributed by atoms with van der Waals surface area (Å²) in [6.45, 7) is 5.09. The lowest BCUT2D eigenvalue weighted by atomic mass is 9.86. The van der Waals surface area contributed by atoms with Gasteiger partial charge in [0, 0.05) is 24.0 Å². The Bertz CT molecular complexity index is 1090. The van der Waals surface area contributed by atoms with E-state index < -0.39 is 0 Å². The minimum Gasteiger partial charge on any atom is -0.272 e. The van der Waals surface area contributed by atoms with Crippen LogP contribution in [0.4, 0.5) is 0 Å². The highest BCUT2D eigenvalue weighted by atomic mass is 32.1. The molecule has 0 aliphatic heterocycles. The van der Waals surface area contributed by atoms with Crippen LogP contribution in [0.25, 0.3) is 15.9 Å². The Hall–Kier alpha value is -2.28. The summed E-state index contributed by atoms with van der Waals surface area (Å²) in [5, 5.41) is 10.3. The predicted octanol–water partition coefficient (Wildman–Crippen LogP) is 3.60. The Morgan fingerprint density at radius 1 is 1.31 bits per heavy atom. The fourth-order valence-corrected chi connectivity index (χ4v) is 5.24. The van der Waals surface area contributed by atoms with Crippen molar-refractivity contribution in [1.82, 2.24) is 29.4 Å². The van der Waals surface area contributed by atoms with Crippen LogP contribution in [0.15, 0.2) is 18.6 Å². The van der Waals surface area contributed by atoms with Crippen molar-refractivity contribution < 1.29 is 0 Å². The highest BCUT2D eigenvalue weighted by molar-refractivity contribution is 7.19. The van der Waals surface area contributed by atoms with Gasteiger partial charge in [-0.2, -0.15) is 5.10 Å². The lowest BCUT2D eigenvalue weighted by Crippen LogP contribution is -2.11. The van der Waals surface area contributed by atoms with Gasteiger partial charge in [0.2, 0.25) is 0 Å². The molecule has 0 saturated carbocycles. The molecule has 6 nitrogen and oxygen atoms in total. The first-order valence-electron chi connectivity index (χ1n) is 9.36. The van der Waals surface area contributed by atoms with Crippen molar-refractivity contribution in [3.63, 3.8) is 0 Å². The van der Waals surface area contributed by atoms with Crippen molar-refractivity contribution in [1.29, 1.82) is 0 Å². The van der Waals surface area contributed by atoms with Crippen LogP contribution in [0.1, 0.15) is 41.7 Å². The Morgan fingerprint density at radius 3 is 3.04 bits per heavy atom. The molecule has 0 saturated heterocycles. The zero-order valence-electron chi connectivity index (χ0n) is 15.1. The largest absolute Gasteiger partial charge is 0.272 e. The minimum absolute atomic E-state index is 0.772. The summed E-state index contributed by atoms with van der Waals surface area (Å²) in [6, 6.07) is 2.02. The Labute approximate surface area is 155 Å². The Morgan fingerprint density at radius 2 is 2.23 bits per heavy atom. The minimum atomic E-state index is 0.772. The second-order valence-electron chi connectivity index (χ2n) is 7.21. The van der Waals surface area contributed by atoms with E-state index in [4.69, 9.17) is 4.98 Å². The van der Waals surface area contributed by atoms with Crippen molar-refractivity contribution >= 4 is 27.2 Å². The second-order valence-corrected chi connectivity index (χ2v) is 8.30. The molecule has 5 rings (SSSR count). The van der Waals surface area contributed by atoms with Crippen LogP contribution >= 0.6 is 11.3 Å². The lowest BCUT2D eigenvalue weighted by Gasteiger charge is -2.20. The molecule has 4 heterocycles. The van der Waals surface area contributed by atoms with Crippen molar-refractivity contribution in [2.45, 2.75) is 52.5 Å². The van der Waals surface area contributed by atoms with Gasteiger partial charge in [-0.25, -0.2) is 14.5 Å². The zero-order chi connectivity index (χ0) is 17.7. The normalized spacial score (nSPS) is 17.2. The number of aryl methyl sites for hydroxylation is 4. The van der Waals surface area contributed by atoms with Gasteiger partial charge in [-0.1, -0.05) is 13.3 Å². The maximum atomic E-state index is 4.86. The second kappa shape index (κ2) is 6.16. The molecule has 1 aliphatic rings. The smallest absolute Gasteiger partial charge is 0.167 e. The third-order valence-electron chi connectivity index (χ3n) is 5.45. The van der Waals surface area contributed by atoms with Gasteiger partial charge in [0.05, 0.1) is 11.1 Å². The summed E-state index contributed by atoms with van der Waals surface area (Å²) in [5.41, 5.74) is 3.47. The van der Waals surface area contributed by atoms with Crippen LogP contribution < -0.4 is 0 Å². The van der Waals surface area contributed by atoms with Gasteiger partial charge in [0.1, 0.15) is 11.2 Å². The van der Waals surface area contributed by atoms with E-state index in [-0.39, 0.29) is 0 Å². The lowest BCUT2D eigenvalue weighted by molar-refractivity contribution is 0.451. The van der Waals surface area contributed by atoms with Crippen LogP contribution in [0.5, 0.6) is 0 Å². The van der Waals surface area contributed by atoms with Crippen molar-refractivity contribution in [3.05, 3.63) is 40.5 Å². The molecule has 0 aromatic carbocycles. The first-order chi connectivity index (χ1) is 12.7. The molecule has 0 amide bonds. The SMILES string of the molecule is CCC1CCc2c(sc3ncn4nc(CCn5ccc(C)n5)nc4c23)C1. The van der Waals surface area contributed by atoms with Crippen molar-refractivity contribution in [2.75, 3.05) is 0 Å². The predicted molar refractivity (Wildman–Crippen MR) is 103 cm³/mol. The summed E-state index contributed by atoms with van der Waals surface area (Å²) in [4.78, 5) is 12.1. The number of nitrogens with zero attached hydrogens (tertiary/aromatic N) is 6. The third-order valence-corrected chi connectivity index (χ3v) is 6.61. The number of hydrogen-bond acceptors (Lipinski definition) is 5. The van der Waals surface area contributed by atoms with Crippen molar-refractivity contribution in [2.24, 2.45) is 5.92 Å². The first kappa shape index (κ1) is 15.9. The summed E-state index contributed by atoms with van der Waals surface area (Å²) < 4.78 is 3.80. The maximum absolute atomic E-state index is 4.86. The fourth-order valence-electron chi connectivity index (χ4n) is 3.94. The average Bonchev–Trinajstić information content (AvgIpc) is 3.34. The van der Waals surface area contributed by atoms with Crippen LogP contribution in [0.3, 0.4) is 0 Å². The Kier molecular flexibility index (Phi) is 3.77. The monoisotopic (exact) mass is 366 g/mol. The summed E-state index contributed by atoms with van der Waals surface area (Å²) >= 11 is 1.85. The van der Waals surface area contributed by atoms with Gasteiger partial charge >= 0.3 is 0 Å². The van der Waals surface area contributed by atoms with E-state index in [0.717, 1.165) is 47.3 Å². The van der Waals surface area contributed by atoms with E-state index in [2.05, 4.69) is 22.1 Å². The van der Waals surface area contributed by atoms with E-state index >= 15 is 0 Å². The average molecular weight is 366 g/mol. The standard InChI is InChI=1S/C19H22N6S/c1-3-13-4-5-14-15(10-13)26-19-17(14)18-21-16(23-25(18)11-20-19)7-9-24-8-6-12(2)22-24/h6,8,11,13H,3-5,7,9-10H2,1-2H3. The molecule has 26 heavy (non-hydrogen) atoms. The quantitative estimate of drug-likeness (QED) is 0.554.